The molecule has 32 heavy (non-hydrogen) atoms. The maximum absolute atomic E-state index is 12.6. The topological polar surface area (TPSA) is 85.8 Å². The van der Waals surface area contributed by atoms with Gasteiger partial charge >= 0.3 is 0 Å². The molecule has 1 saturated heterocycles. The highest BCUT2D eigenvalue weighted by Gasteiger charge is 2.22. The lowest BCUT2D eigenvalue weighted by Crippen LogP contribution is -2.49. The summed E-state index contributed by atoms with van der Waals surface area (Å²) < 4.78 is 0. The van der Waals surface area contributed by atoms with Crippen LogP contribution in [0.2, 0.25) is 0 Å². The number of aliphatic imine (C=N–C) groups is 1. The van der Waals surface area contributed by atoms with Crippen LogP contribution in [0, 0.1) is 0 Å². The number of thioether (sulfide) groups is 1. The first-order chi connectivity index (χ1) is 15.2. The molecule has 2 aromatic carbocycles. The molecule has 9 heteroatoms. The van der Waals surface area contributed by atoms with Crippen molar-refractivity contribution in [1.29, 1.82) is 0 Å². The van der Waals surface area contributed by atoms with Crippen molar-refractivity contribution in [3.05, 3.63) is 65.7 Å². The molecule has 2 amide bonds. The Balaban J connectivity index is 0.00000363. The molecular formula is C23H30IN5O2S. The molecule has 1 aliphatic heterocycles. The van der Waals surface area contributed by atoms with Gasteiger partial charge in [-0.1, -0.05) is 30.3 Å². The zero-order valence-corrected chi connectivity index (χ0v) is 21.3. The Hall–Kier alpha value is -2.27. The summed E-state index contributed by atoms with van der Waals surface area (Å²) in [5, 5.41) is 9.35. The molecular weight excluding hydrogens is 537 g/mol. The molecule has 172 valence electrons. The summed E-state index contributed by atoms with van der Waals surface area (Å²) in [5.41, 5.74) is 1.61. The third kappa shape index (κ3) is 8.34. The van der Waals surface area contributed by atoms with Gasteiger partial charge in [0.25, 0.3) is 5.91 Å². The highest BCUT2D eigenvalue weighted by molar-refractivity contribution is 14.0. The second-order valence-electron chi connectivity index (χ2n) is 7.06. The summed E-state index contributed by atoms with van der Waals surface area (Å²) in [7, 11) is 0. The van der Waals surface area contributed by atoms with Gasteiger partial charge in [-0.25, -0.2) is 4.99 Å². The van der Waals surface area contributed by atoms with Gasteiger partial charge in [-0.2, -0.15) is 0 Å². The standard InChI is InChI=1S/C23H29N5O2S.HI/c1-2-24-23(26-13-15-31-20-6-4-3-5-7-20)27-16-18-8-10-19(11-9-18)22(30)28-14-12-25-21(29)17-28;/h3-11H,2,12-17H2,1H3,(H,25,29)(H2,24,26,27);1H. The lowest BCUT2D eigenvalue weighted by molar-refractivity contribution is -0.123. The number of benzene rings is 2. The van der Waals surface area contributed by atoms with E-state index in [1.54, 1.807) is 28.8 Å². The lowest BCUT2D eigenvalue weighted by Gasteiger charge is -2.26. The molecule has 1 heterocycles. The smallest absolute Gasteiger partial charge is 0.254 e. The van der Waals surface area contributed by atoms with Gasteiger partial charge in [-0.15, -0.1) is 35.7 Å². The average Bonchev–Trinajstić information content (AvgIpc) is 2.81. The molecule has 0 aromatic heterocycles. The number of halogens is 1. The van der Waals surface area contributed by atoms with Crippen molar-refractivity contribution in [1.82, 2.24) is 20.9 Å². The fraction of sp³-hybridized carbons (Fsp3) is 0.348. The van der Waals surface area contributed by atoms with Crippen LogP contribution >= 0.6 is 35.7 Å². The van der Waals surface area contributed by atoms with Crippen molar-refractivity contribution in [2.24, 2.45) is 4.99 Å². The summed E-state index contributed by atoms with van der Waals surface area (Å²) in [6.45, 7) is 5.30. The molecule has 3 rings (SSSR count). The van der Waals surface area contributed by atoms with Gasteiger partial charge in [0, 0.05) is 42.4 Å². The quantitative estimate of drug-likeness (QED) is 0.150. The molecule has 0 spiro atoms. The molecule has 0 saturated carbocycles. The number of carbonyl (C=O) groups excluding carboxylic acids is 2. The number of nitrogens with zero attached hydrogens (tertiary/aromatic N) is 2. The van der Waals surface area contributed by atoms with Gasteiger partial charge in [-0.05, 0) is 36.8 Å². The third-order valence-electron chi connectivity index (χ3n) is 4.70. The lowest BCUT2D eigenvalue weighted by atomic mass is 10.1. The first kappa shape index (κ1) is 26.0. The first-order valence-corrected chi connectivity index (χ1v) is 11.5. The van der Waals surface area contributed by atoms with Crippen molar-refractivity contribution in [2.45, 2.75) is 18.4 Å². The van der Waals surface area contributed by atoms with Gasteiger partial charge in [-0.3, -0.25) is 9.59 Å². The van der Waals surface area contributed by atoms with E-state index in [-0.39, 0.29) is 42.3 Å². The Kier molecular flexibility index (Phi) is 11.4. The predicted molar refractivity (Wildman–Crippen MR) is 141 cm³/mol. The molecule has 0 radical (unpaired) electrons. The maximum Gasteiger partial charge on any atom is 0.254 e. The molecule has 0 aliphatic carbocycles. The Morgan fingerprint density at radius 1 is 1.12 bits per heavy atom. The van der Waals surface area contributed by atoms with Crippen molar-refractivity contribution in [3.8, 4) is 0 Å². The zero-order valence-electron chi connectivity index (χ0n) is 18.2. The zero-order chi connectivity index (χ0) is 21.9. The minimum atomic E-state index is -0.115. The maximum atomic E-state index is 12.6. The van der Waals surface area contributed by atoms with Crippen molar-refractivity contribution < 1.29 is 9.59 Å². The molecule has 0 bridgehead atoms. The largest absolute Gasteiger partial charge is 0.357 e. The van der Waals surface area contributed by atoms with Crippen LogP contribution in [-0.4, -0.2) is 61.2 Å². The molecule has 7 nitrogen and oxygen atoms in total. The van der Waals surface area contributed by atoms with Crippen molar-refractivity contribution in [2.75, 3.05) is 38.5 Å². The fourth-order valence-corrected chi connectivity index (χ4v) is 3.90. The second-order valence-corrected chi connectivity index (χ2v) is 8.23. The molecule has 3 N–H and O–H groups in total. The van der Waals surface area contributed by atoms with E-state index in [9.17, 15) is 9.59 Å². The Bertz CT molecular complexity index is 893. The number of piperazine rings is 1. The van der Waals surface area contributed by atoms with Gasteiger partial charge < -0.3 is 20.9 Å². The summed E-state index contributed by atoms with van der Waals surface area (Å²) >= 11 is 1.80. The number of hydrogen-bond donors (Lipinski definition) is 3. The number of nitrogens with one attached hydrogen (secondary N) is 3. The van der Waals surface area contributed by atoms with Crippen LogP contribution in [-0.2, 0) is 11.3 Å². The minimum absolute atomic E-state index is 0. The summed E-state index contributed by atoms with van der Waals surface area (Å²) in [4.78, 5) is 31.5. The van der Waals surface area contributed by atoms with Crippen LogP contribution in [0.1, 0.15) is 22.8 Å². The average molecular weight is 567 g/mol. The first-order valence-electron chi connectivity index (χ1n) is 10.5. The number of hydrogen-bond acceptors (Lipinski definition) is 4. The van der Waals surface area contributed by atoms with E-state index < -0.39 is 0 Å². The van der Waals surface area contributed by atoms with E-state index in [2.05, 4.69) is 33.1 Å². The fourth-order valence-electron chi connectivity index (χ4n) is 3.11. The summed E-state index contributed by atoms with van der Waals surface area (Å²) in [5.74, 6) is 1.49. The van der Waals surface area contributed by atoms with E-state index >= 15 is 0 Å². The monoisotopic (exact) mass is 567 g/mol. The number of amides is 2. The number of carbonyl (C=O) groups is 2. The van der Waals surface area contributed by atoms with Crippen LogP contribution in [0.4, 0.5) is 0 Å². The van der Waals surface area contributed by atoms with E-state index in [4.69, 9.17) is 0 Å². The number of guanidine groups is 1. The van der Waals surface area contributed by atoms with Gasteiger partial charge in [0.1, 0.15) is 0 Å². The van der Waals surface area contributed by atoms with Crippen LogP contribution < -0.4 is 16.0 Å². The molecule has 0 unspecified atom stereocenters. The van der Waals surface area contributed by atoms with Gasteiger partial charge in [0.2, 0.25) is 5.91 Å². The van der Waals surface area contributed by atoms with E-state index in [1.807, 2.05) is 37.3 Å². The number of rotatable bonds is 8. The Labute approximate surface area is 210 Å². The van der Waals surface area contributed by atoms with Crippen LogP contribution in [0.3, 0.4) is 0 Å². The Morgan fingerprint density at radius 3 is 2.56 bits per heavy atom. The highest BCUT2D eigenvalue weighted by atomic mass is 127. The van der Waals surface area contributed by atoms with Crippen molar-refractivity contribution in [3.63, 3.8) is 0 Å². The normalized spacial score (nSPS) is 13.7. The minimum Gasteiger partial charge on any atom is -0.357 e. The molecule has 2 aromatic rings. The molecule has 1 fully saturated rings. The third-order valence-corrected chi connectivity index (χ3v) is 5.71. The summed E-state index contributed by atoms with van der Waals surface area (Å²) in [6.07, 6.45) is 0. The van der Waals surface area contributed by atoms with Crippen LogP contribution in [0.25, 0.3) is 0 Å². The predicted octanol–water partition coefficient (Wildman–Crippen LogP) is 2.72. The summed E-state index contributed by atoms with van der Waals surface area (Å²) in [6, 6.07) is 17.8. The van der Waals surface area contributed by atoms with Gasteiger partial charge in [0.15, 0.2) is 5.96 Å². The van der Waals surface area contributed by atoms with Crippen LogP contribution in [0.5, 0.6) is 0 Å². The highest BCUT2D eigenvalue weighted by Crippen LogP contribution is 2.15. The van der Waals surface area contributed by atoms with Crippen LogP contribution in [0.15, 0.2) is 64.5 Å². The Morgan fingerprint density at radius 2 is 1.88 bits per heavy atom. The van der Waals surface area contributed by atoms with E-state index in [0.29, 0.717) is 25.2 Å². The van der Waals surface area contributed by atoms with E-state index in [1.165, 1.54) is 4.90 Å². The molecule has 1 aliphatic rings. The second kappa shape index (κ2) is 14.0. The van der Waals surface area contributed by atoms with E-state index in [0.717, 1.165) is 30.4 Å². The van der Waals surface area contributed by atoms with Crippen molar-refractivity contribution >= 4 is 53.5 Å². The molecule has 0 atom stereocenters. The SMILES string of the molecule is CCNC(=NCc1ccc(C(=O)N2CCNC(=O)C2)cc1)NCCSc1ccccc1.I. The van der Waals surface area contributed by atoms with Gasteiger partial charge in [0.05, 0.1) is 13.1 Å².